The molecule has 0 saturated carbocycles. The molecule has 8 heteroatoms. The number of para-hydroxylation sites is 3. The van der Waals surface area contributed by atoms with Crippen LogP contribution < -0.4 is 20.1 Å². The van der Waals surface area contributed by atoms with E-state index >= 15 is 0 Å². The molecule has 134 valence electrons. The number of carbonyl (C=O) groups is 1. The van der Waals surface area contributed by atoms with Crippen LogP contribution in [0.1, 0.15) is 6.92 Å². The zero-order valence-electron chi connectivity index (χ0n) is 13.4. The number of hydrogen-bond donors (Lipinski definition) is 2. The number of amides is 1. The second-order valence-corrected chi connectivity index (χ2v) is 5.23. The molecule has 0 aliphatic heterocycles. The molecule has 0 saturated heterocycles. The normalized spacial score (nSPS) is 10.4. The molecule has 5 nitrogen and oxygen atoms in total. The summed E-state index contributed by atoms with van der Waals surface area (Å²) in [5, 5.41) is 5.85. The summed E-state index contributed by atoms with van der Waals surface area (Å²) in [6.45, 7) is -0.844. The zero-order valence-corrected chi connectivity index (χ0v) is 14.1. The molecule has 2 N–H and O–H groups in total. The van der Waals surface area contributed by atoms with Gasteiger partial charge in [0.2, 0.25) is 5.91 Å². The molecule has 2 aromatic rings. The highest BCUT2D eigenvalue weighted by Gasteiger charge is 2.13. The largest absolute Gasteiger partial charge is 0.490 e. The first kappa shape index (κ1) is 18.8. The van der Waals surface area contributed by atoms with Crippen molar-refractivity contribution in [1.82, 2.24) is 0 Å². The van der Waals surface area contributed by atoms with Crippen molar-refractivity contribution in [3.63, 3.8) is 0 Å². The van der Waals surface area contributed by atoms with Crippen molar-refractivity contribution in [3.8, 4) is 11.5 Å². The Morgan fingerprint density at radius 1 is 1.16 bits per heavy atom. The summed E-state index contributed by atoms with van der Waals surface area (Å²) >= 11 is 6.07. The van der Waals surface area contributed by atoms with E-state index in [-0.39, 0.29) is 18.0 Å². The Bertz CT molecular complexity index is 729. The average Bonchev–Trinajstić information content (AvgIpc) is 2.57. The van der Waals surface area contributed by atoms with E-state index in [1.54, 1.807) is 24.3 Å². The molecule has 0 fully saturated rings. The lowest BCUT2D eigenvalue weighted by Crippen LogP contribution is -2.22. The van der Waals surface area contributed by atoms with Crippen LogP contribution in [-0.2, 0) is 4.79 Å². The van der Waals surface area contributed by atoms with Gasteiger partial charge in [-0.3, -0.25) is 4.79 Å². The summed E-state index contributed by atoms with van der Waals surface area (Å²) in [5.41, 5.74) is 0.715. The smallest absolute Gasteiger partial charge is 0.387 e. The van der Waals surface area contributed by atoms with Gasteiger partial charge in [0, 0.05) is 0 Å². The van der Waals surface area contributed by atoms with Gasteiger partial charge in [-0.15, -0.1) is 0 Å². The summed E-state index contributed by atoms with van der Waals surface area (Å²) in [4.78, 5) is 12.1. The fraction of sp³-hybridized carbons (Fsp3) is 0.235. The fourth-order valence-electron chi connectivity index (χ4n) is 2.08. The van der Waals surface area contributed by atoms with E-state index < -0.39 is 12.5 Å². The molecule has 0 aliphatic rings. The lowest BCUT2D eigenvalue weighted by Gasteiger charge is -2.14. The van der Waals surface area contributed by atoms with E-state index in [2.05, 4.69) is 15.4 Å². The molecular formula is C17H17ClF2N2O3. The number of halogens is 3. The topological polar surface area (TPSA) is 59.6 Å². The first-order chi connectivity index (χ1) is 12.0. The number of hydrogen-bond acceptors (Lipinski definition) is 4. The quantitative estimate of drug-likeness (QED) is 0.723. The number of rotatable bonds is 8. The standard InChI is InChI=1S/C17H17ClF2N2O3/c1-2-24-16-11(18)6-5-8-13(16)21-10-15(23)22-12-7-3-4-9-14(12)25-17(19)20/h3-9,17,21H,2,10H2,1H3,(H,22,23). The third-order valence-corrected chi connectivity index (χ3v) is 3.37. The highest BCUT2D eigenvalue weighted by molar-refractivity contribution is 6.32. The summed E-state index contributed by atoms with van der Waals surface area (Å²) in [7, 11) is 0. The number of alkyl halides is 2. The van der Waals surface area contributed by atoms with Gasteiger partial charge in [0.15, 0.2) is 5.75 Å². The highest BCUT2D eigenvalue weighted by Crippen LogP contribution is 2.32. The van der Waals surface area contributed by atoms with Crippen LogP contribution in [0.2, 0.25) is 5.02 Å². The van der Waals surface area contributed by atoms with Gasteiger partial charge in [-0.25, -0.2) is 0 Å². The molecule has 2 rings (SSSR count). The van der Waals surface area contributed by atoms with Crippen molar-refractivity contribution in [2.75, 3.05) is 23.8 Å². The minimum atomic E-state index is -2.98. The van der Waals surface area contributed by atoms with Gasteiger partial charge in [-0.2, -0.15) is 8.78 Å². The van der Waals surface area contributed by atoms with Crippen molar-refractivity contribution in [2.24, 2.45) is 0 Å². The van der Waals surface area contributed by atoms with Crippen molar-refractivity contribution in [1.29, 1.82) is 0 Å². The maximum Gasteiger partial charge on any atom is 0.387 e. The number of anilines is 2. The molecule has 0 atom stereocenters. The van der Waals surface area contributed by atoms with Crippen LogP contribution >= 0.6 is 11.6 Å². The minimum Gasteiger partial charge on any atom is -0.490 e. The summed E-state index contributed by atoms with van der Waals surface area (Å²) in [6, 6.07) is 11.1. The van der Waals surface area contributed by atoms with Gasteiger partial charge in [-0.05, 0) is 31.2 Å². The van der Waals surface area contributed by atoms with Gasteiger partial charge in [0.1, 0.15) is 5.75 Å². The monoisotopic (exact) mass is 370 g/mol. The Labute approximate surface area is 148 Å². The van der Waals surface area contributed by atoms with Gasteiger partial charge in [0.05, 0.1) is 29.5 Å². The molecule has 0 heterocycles. The molecule has 0 radical (unpaired) electrons. The van der Waals surface area contributed by atoms with Gasteiger partial charge in [0.25, 0.3) is 0 Å². The molecule has 0 unspecified atom stereocenters. The molecule has 0 aliphatic carbocycles. The van der Waals surface area contributed by atoms with Crippen molar-refractivity contribution >= 4 is 28.9 Å². The van der Waals surface area contributed by atoms with Crippen LogP contribution in [0.5, 0.6) is 11.5 Å². The Morgan fingerprint density at radius 2 is 1.88 bits per heavy atom. The molecule has 1 amide bonds. The summed E-state index contributed by atoms with van der Waals surface area (Å²) < 4.78 is 34.6. The molecule has 0 spiro atoms. The highest BCUT2D eigenvalue weighted by atomic mass is 35.5. The van der Waals surface area contributed by atoms with Crippen LogP contribution in [0.15, 0.2) is 42.5 Å². The fourth-order valence-corrected chi connectivity index (χ4v) is 2.31. The summed E-state index contributed by atoms with van der Waals surface area (Å²) in [6.07, 6.45) is 0. The first-order valence-electron chi connectivity index (χ1n) is 7.50. The third-order valence-electron chi connectivity index (χ3n) is 3.07. The Hall–Kier alpha value is -2.54. The van der Waals surface area contributed by atoms with Gasteiger partial charge >= 0.3 is 6.61 Å². The lowest BCUT2D eigenvalue weighted by molar-refractivity contribution is -0.114. The van der Waals surface area contributed by atoms with Crippen LogP contribution in [0, 0.1) is 0 Å². The number of benzene rings is 2. The second kappa shape index (κ2) is 9.08. The van der Waals surface area contributed by atoms with Crippen LogP contribution in [0.4, 0.5) is 20.2 Å². The van der Waals surface area contributed by atoms with Crippen LogP contribution in [0.25, 0.3) is 0 Å². The van der Waals surface area contributed by atoms with Crippen molar-refractivity contribution in [2.45, 2.75) is 13.5 Å². The predicted molar refractivity (Wildman–Crippen MR) is 92.8 cm³/mol. The Morgan fingerprint density at radius 3 is 2.60 bits per heavy atom. The van der Waals surface area contributed by atoms with Crippen molar-refractivity contribution in [3.05, 3.63) is 47.5 Å². The SMILES string of the molecule is CCOc1c(Cl)cccc1NCC(=O)Nc1ccccc1OC(F)F. The zero-order chi connectivity index (χ0) is 18.2. The second-order valence-electron chi connectivity index (χ2n) is 4.83. The number of ether oxygens (including phenoxy) is 2. The van der Waals surface area contributed by atoms with E-state index in [4.69, 9.17) is 16.3 Å². The molecule has 25 heavy (non-hydrogen) atoms. The minimum absolute atomic E-state index is 0.108. The average molecular weight is 371 g/mol. The molecule has 2 aromatic carbocycles. The first-order valence-corrected chi connectivity index (χ1v) is 7.88. The molecule has 0 bridgehead atoms. The van der Waals surface area contributed by atoms with E-state index in [9.17, 15) is 13.6 Å². The van der Waals surface area contributed by atoms with E-state index in [0.29, 0.717) is 23.1 Å². The van der Waals surface area contributed by atoms with Gasteiger partial charge < -0.3 is 20.1 Å². The Balaban J connectivity index is 2.02. The summed E-state index contributed by atoms with van der Waals surface area (Å²) in [5.74, 6) is -0.0998. The van der Waals surface area contributed by atoms with Gasteiger partial charge in [-0.1, -0.05) is 29.8 Å². The van der Waals surface area contributed by atoms with Crippen LogP contribution in [0.3, 0.4) is 0 Å². The van der Waals surface area contributed by atoms with Crippen LogP contribution in [-0.4, -0.2) is 25.7 Å². The Kier molecular flexibility index (Phi) is 6.82. The lowest BCUT2D eigenvalue weighted by atomic mass is 10.2. The molecule has 0 aromatic heterocycles. The maximum absolute atomic E-state index is 12.4. The van der Waals surface area contributed by atoms with Crippen molar-refractivity contribution < 1.29 is 23.0 Å². The van der Waals surface area contributed by atoms with E-state index in [0.717, 1.165) is 0 Å². The van der Waals surface area contributed by atoms with E-state index in [1.807, 2.05) is 6.92 Å². The predicted octanol–water partition coefficient (Wildman–Crippen LogP) is 4.39. The molecular weight excluding hydrogens is 354 g/mol. The van der Waals surface area contributed by atoms with E-state index in [1.165, 1.54) is 18.2 Å². The maximum atomic E-state index is 12.4. The third kappa shape index (κ3) is 5.49. The number of nitrogens with one attached hydrogen (secondary N) is 2. The number of carbonyl (C=O) groups excluding carboxylic acids is 1.